The molecule has 0 saturated heterocycles. The third kappa shape index (κ3) is 2.85. The summed E-state index contributed by atoms with van der Waals surface area (Å²) in [5.74, 6) is 0.889. The fourth-order valence-corrected chi connectivity index (χ4v) is 3.23. The van der Waals surface area contributed by atoms with Crippen LogP contribution in [0.1, 0.15) is 11.1 Å². The molecule has 0 aliphatic carbocycles. The molecule has 0 saturated carbocycles. The van der Waals surface area contributed by atoms with Crippen LogP contribution in [-0.4, -0.2) is 29.9 Å². The first kappa shape index (κ1) is 14.7. The molecule has 0 atom stereocenters. The van der Waals surface area contributed by atoms with E-state index in [1.807, 2.05) is 42.9 Å². The Hall–Kier alpha value is -2.27. The lowest BCUT2D eigenvalue weighted by atomic mass is 10.1. The van der Waals surface area contributed by atoms with Gasteiger partial charge in [0.2, 0.25) is 5.91 Å². The van der Waals surface area contributed by atoms with Crippen LogP contribution in [0, 0.1) is 0 Å². The lowest BCUT2D eigenvalue weighted by Gasteiger charge is -2.16. The van der Waals surface area contributed by atoms with E-state index < -0.39 is 0 Å². The number of rotatable bonds is 5. The summed E-state index contributed by atoms with van der Waals surface area (Å²) in [7, 11) is 3.49. The molecule has 5 heteroatoms. The number of thiophene rings is 1. The summed E-state index contributed by atoms with van der Waals surface area (Å²) in [5, 5.41) is 5.08. The molecule has 114 valence electrons. The molecule has 3 rings (SSSR count). The van der Waals surface area contributed by atoms with Gasteiger partial charge in [-0.2, -0.15) is 11.3 Å². The number of fused-ring (bicyclic) bond motifs is 1. The van der Waals surface area contributed by atoms with Crippen molar-refractivity contribution in [3.8, 4) is 5.75 Å². The number of aromatic nitrogens is 1. The van der Waals surface area contributed by atoms with Gasteiger partial charge in [0.25, 0.3) is 0 Å². The predicted molar refractivity (Wildman–Crippen MR) is 89.3 cm³/mol. The molecular weight excluding hydrogens is 296 g/mol. The quantitative estimate of drug-likeness (QED) is 0.784. The summed E-state index contributed by atoms with van der Waals surface area (Å²) in [6.07, 6.45) is 2.25. The van der Waals surface area contributed by atoms with Crippen molar-refractivity contribution < 1.29 is 9.53 Å². The second-order valence-corrected chi connectivity index (χ2v) is 6.03. The Kier molecular flexibility index (Phi) is 4.15. The Morgan fingerprint density at radius 1 is 1.36 bits per heavy atom. The van der Waals surface area contributed by atoms with Crippen LogP contribution in [-0.2, 0) is 17.8 Å². The molecule has 0 bridgehead atoms. The van der Waals surface area contributed by atoms with Crippen LogP contribution < -0.4 is 4.74 Å². The predicted octanol–water partition coefficient (Wildman–Crippen LogP) is 3.44. The molecule has 0 unspecified atom stereocenters. The highest BCUT2D eigenvalue weighted by Gasteiger charge is 2.15. The van der Waals surface area contributed by atoms with Gasteiger partial charge < -0.3 is 14.6 Å². The van der Waals surface area contributed by atoms with Crippen LogP contribution in [0.15, 0.2) is 41.2 Å². The molecule has 0 radical (unpaired) electrons. The Morgan fingerprint density at radius 2 is 2.23 bits per heavy atom. The van der Waals surface area contributed by atoms with Crippen LogP contribution in [0.5, 0.6) is 5.75 Å². The number of benzene rings is 1. The smallest absolute Gasteiger partial charge is 0.227 e. The van der Waals surface area contributed by atoms with Gasteiger partial charge in [-0.25, -0.2) is 0 Å². The van der Waals surface area contributed by atoms with E-state index in [1.54, 1.807) is 23.3 Å². The molecule has 22 heavy (non-hydrogen) atoms. The summed E-state index contributed by atoms with van der Waals surface area (Å²) in [5.41, 5.74) is 3.12. The molecule has 1 N–H and O–H groups in total. The molecule has 0 spiro atoms. The first-order chi connectivity index (χ1) is 10.7. The maximum absolute atomic E-state index is 12.5. The zero-order valence-electron chi connectivity index (χ0n) is 12.6. The minimum atomic E-state index is 0.0954. The lowest BCUT2D eigenvalue weighted by molar-refractivity contribution is -0.129. The van der Waals surface area contributed by atoms with E-state index in [9.17, 15) is 4.79 Å². The molecule has 1 aromatic carbocycles. The molecule has 3 aromatic rings. The van der Waals surface area contributed by atoms with Crippen molar-refractivity contribution in [3.63, 3.8) is 0 Å². The Labute approximate surface area is 133 Å². The van der Waals surface area contributed by atoms with Crippen molar-refractivity contribution in [2.24, 2.45) is 0 Å². The zero-order chi connectivity index (χ0) is 15.5. The van der Waals surface area contributed by atoms with Gasteiger partial charge in [-0.3, -0.25) is 4.79 Å². The minimum Gasteiger partial charge on any atom is -0.496 e. The first-order valence-electron chi connectivity index (χ1n) is 7.07. The number of amides is 1. The maximum Gasteiger partial charge on any atom is 0.227 e. The highest BCUT2D eigenvalue weighted by atomic mass is 32.1. The van der Waals surface area contributed by atoms with Gasteiger partial charge in [0.05, 0.1) is 13.5 Å². The summed E-state index contributed by atoms with van der Waals surface area (Å²) in [4.78, 5) is 17.4. The lowest BCUT2D eigenvalue weighted by Crippen LogP contribution is -2.27. The van der Waals surface area contributed by atoms with Gasteiger partial charge in [0.1, 0.15) is 5.75 Å². The fourth-order valence-electron chi connectivity index (χ4n) is 2.57. The number of nitrogens with one attached hydrogen (secondary N) is 1. The van der Waals surface area contributed by atoms with Gasteiger partial charge in [-0.05, 0) is 40.1 Å². The van der Waals surface area contributed by atoms with Crippen LogP contribution in [0.3, 0.4) is 0 Å². The number of H-pyrrole nitrogens is 1. The standard InChI is InChI=1S/C17H18N2O2S/c1-19(10-12-6-7-22-11-12)16(20)8-13-9-18-14-4-3-5-15(21-2)17(13)14/h3-7,9,11,18H,8,10H2,1-2H3. The Morgan fingerprint density at radius 3 is 2.95 bits per heavy atom. The molecule has 2 aromatic heterocycles. The molecule has 0 aliphatic heterocycles. The van der Waals surface area contributed by atoms with Gasteiger partial charge >= 0.3 is 0 Å². The van der Waals surface area contributed by atoms with Gasteiger partial charge in [0.15, 0.2) is 0 Å². The van der Waals surface area contributed by atoms with Crippen LogP contribution in [0.25, 0.3) is 10.9 Å². The van der Waals surface area contributed by atoms with Crippen molar-refractivity contribution in [3.05, 3.63) is 52.3 Å². The average molecular weight is 314 g/mol. The van der Waals surface area contributed by atoms with Gasteiger partial charge in [-0.1, -0.05) is 6.07 Å². The van der Waals surface area contributed by atoms with Crippen molar-refractivity contribution in [2.45, 2.75) is 13.0 Å². The number of methoxy groups -OCH3 is 1. The second-order valence-electron chi connectivity index (χ2n) is 5.25. The SMILES string of the molecule is COc1cccc2[nH]cc(CC(=O)N(C)Cc3ccsc3)c12. The van der Waals surface area contributed by atoms with Gasteiger partial charge in [-0.15, -0.1) is 0 Å². The number of carbonyl (C=O) groups excluding carboxylic acids is 1. The Balaban J connectivity index is 1.79. The van der Waals surface area contributed by atoms with Crippen LogP contribution in [0.4, 0.5) is 0 Å². The summed E-state index contributed by atoms with van der Waals surface area (Å²) in [6.45, 7) is 0.641. The normalized spacial score (nSPS) is 10.8. The minimum absolute atomic E-state index is 0.0954. The van der Waals surface area contributed by atoms with Crippen molar-refractivity contribution in [1.82, 2.24) is 9.88 Å². The second kappa shape index (κ2) is 6.23. The maximum atomic E-state index is 12.5. The van der Waals surface area contributed by atoms with E-state index in [0.717, 1.165) is 27.8 Å². The number of nitrogens with zero attached hydrogens (tertiary/aromatic N) is 1. The highest BCUT2D eigenvalue weighted by molar-refractivity contribution is 7.07. The van der Waals surface area contributed by atoms with Crippen molar-refractivity contribution >= 4 is 28.1 Å². The summed E-state index contributed by atoms with van der Waals surface area (Å²) < 4.78 is 5.41. The third-order valence-corrected chi connectivity index (χ3v) is 4.47. The van der Waals surface area contributed by atoms with Gasteiger partial charge in [0, 0.05) is 30.7 Å². The molecular formula is C17H18N2O2S. The number of hydrogen-bond donors (Lipinski definition) is 1. The monoisotopic (exact) mass is 314 g/mol. The van der Waals surface area contributed by atoms with E-state index >= 15 is 0 Å². The van der Waals surface area contributed by atoms with E-state index in [-0.39, 0.29) is 5.91 Å². The van der Waals surface area contributed by atoms with Crippen LogP contribution >= 0.6 is 11.3 Å². The highest BCUT2D eigenvalue weighted by Crippen LogP contribution is 2.29. The number of likely N-dealkylation sites (N-methyl/N-ethyl adjacent to an activating group) is 1. The first-order valence-corrected chi connectivity index (χ1v) is 8.01. The number of carbonyl (C=O) groups is 1. The van der Waals surface area contributed by atoms with E-state index in [0.29, 0.717) is 13.0 Å². The summed E-state index contributed by atoms with van der Waals surface area (Å²) >= 11 is 1.65. The molecule has 2 heterocycles. The largest absolute Gasteiger partial charge is 0.496 e. The van der Waals surface area contributed by atoms with Crippen LogP contribution in [0.2, 0.25) is 0 Å². The van der Waals surface area contributed by atoms with E-state index in [1.165, 1.54) is 0 Å². The van der Waals surface area contributed by atoms with E-state index in [2.05, 4.69) is 10.4 Å². The molecule has 0 aliphatic rings. The zero-order valence-corrected chi connectivity index (χ0v) is 13.4. The summed E-state index contributed by atoms with van der Waals surface area (Å²) in [6, 6.07) is 7.88. The Bertz CT molecular complexity index is 777. The molecule has 4 nitrogen and oxygen atoms in total. The van der Waals surface area contributed by atoms with E-state index in [4.69, 9.17) is 4.74 Å². The average Bonchev–Trinajstić information content (AvgIpc) is 3.17. The third-order valence-electron chi connectivity index (χ3n) is 3.74. The molecule has 1 amide bonds. The number of ether oxygens (including phenoxy) is 1. The fraction of sp³-hybridized carbons (Fsp3) is 0.235. The van der Waals surface area contributed by atoms with Crippen molar-refractivity contribution in [1.29, 1.82) is 0 Å². The number of hydrogen-bond acceptors (Lipinski definition) is 3. The molecule has 0 fully saturated rings. The topological polar surface area (TPSA) is 45.3 Å². The number of aromatic amines is 1. The van der Waals surface area contributed by atoms with Crippen molar-refractivity contribution in [2.75, 3.05) is 14.2 Å².